The van der Waals surface area contributed by atoms with Crippen LogP contribution in [0.4, 0.5) is 0 Å². The van der Waals surface area contributed by atoms with Crippen molar-refractivity contribution in [1.29, 1.82) is 0 Å². The highest BCUT2D eigenvalue weighted by Gasteiger charge is 2.15. The maximum atomic E-state index is 5.35. The molecule has 0 radical (unpaired) electrons. The molecule has 0 spiro atoms. The molecule has 7 nitrogen and oxygen atoms in total. The highest BCUT2D eigenvalue weighted by atomic mass is 16.7. The van der Waals surface area contributed by atoms with Crippen LogP contribution in [-0.4, -0.2) is 45.7 Å². The number of rotatable bonds is 6. The molecule has 4 aromatic rings. The minimum absolute atomic E-state index is 0.336. The van der Waals surface area contributed by atoms with Crippen molar-refractivity contribution in [3.8, 4) is 22.6 Å². The third-order valence-electron chi connectivity index (χ3n) is 4.64. The minimum Gasteiger partial charge on any atom is -0.356 e. The van der Waals surface area contributed by atoms with Crippen LogP contribution in [0.15, 0.2) is 48.8 Å². The Bertz CT molecular complexity index is 1100. The van der Waals surface area contributed by atoms with Gasteiger partial charge >= 0.3 is 0 Å². The summed E-state index contributed by atoms with van der Waals surface area (Å²) in [5, 5.41) is 7.27. The molecule has 0 amide bonds. The summed E-state index contributed by atoms with van der Waals surface area (Å²) in [6.07, 6.45) is 3.80. The number of hydrogen-bond donors (Lipinski definition) is 1. The van der Waals surface area contributed by atoms with Gasteiger partial charge in [0.15, 0.2) is 6.29 Å². The summed E-state index contributed by atoms with van der Waals surface area (Å²) < 4.78 is 10.7. The molecule has 0 saturated carbocycles. The van der Waals surface area contributed by atoms with E-state index >= 15 is 0 Å². The van der Waals surface area contributed by atoms with Crippen molar-refractivity contribution in [2.75, 3.05) is 14.2 Å². The third-order valence-corrected chi connectivity index (χ3v) is 4.64. The molecule has 0 saturated heterocycles. The summed E-state index contributed by atoms with van der Waals surface area (Å²) >= 11 is 0. The standard InChI is InChI=1S/C21H21N5O2/c1-13-5-4-6-18(24-13)21-15(12-23-26-21)16-7-8-17-20(25-16)14(9-10-22-17)11-19(27-2)28-3/h4-10,12,19H,11H2,1-3H3,(H,23,26). The molecular weight excluding hydrogens is 354 g/mol. The van der Waals surface area contributed by atoms with E-state index in [4.69, 9.17) is 14.5 Å². The van der Waals surface area contributed by atoms with Crippen molar-refractivity contribution in [3.63, 3.8) is 0 Å². The van der Waals surface area contributed by atoms with E-state index in [0.717, 1.165) is 44.9 Å². The van der Waals surface area contributed by atoms with E-state index in [9.17, 15) is 0 Å². The van der Waals surface area contributed by atoms with Crippen molar-refractivity contribution < 1.29 is 9.47 Å². The van der Waals surface area contributed by atoms with Crippen LogP contribution in [0.25, 0.3) is 33.7 Å². The number of fused-ring (bicyclic) bond motifs is 1. The summed E-state index contributed by atoms with van der Waals surface area (Å²) in [7, 11) is 3.26. The average Bonchev–Trinajstić information content (AvgIpc) is 3.21. The van der Waals surface area contributed by atoms with Gasteiger partial charge in [-0.25, -0.2) is 4.98 Å². The van der Waals surface area contributed by atoms with Crippen LogP contribution in [0, 0.1) is 6.92 Å². The third kappa shape index (κ3) is 3.49. The summed E-state index contributed by atoms with van der Waals surface area (Å²) in [6.45, 7) is 1.97. The lowest BCUT2D eigenvalue weighted by molar-refractivity contribution is -0.100. The molecule has 4 aromatic heterocycles. The second-order valence-electron chi connectivity index (χ2n) is 6.46. The Balaban J connectivity index is 1.80. The monoisotopic (exact) mass is 375 g/mol. The second kappa shape index (κ2) is 7.84. The fourth-order valence-corrected chi connectivity index (χ4v) is 3.19. The summed E-state index contributed by atoms with van der Waals surface area (Å²) in [5.74, 6) is 0. The van der Waals surface area contributed by atoms with Gasteiger partial charge in [0, 0.05) is 38.1 Å². The van der Waals surface area contributed by atoms with Crippen LogP contribution in [0.5, 0.6) is 0 Å². The van der Waals surface area contributed by atoms with Gasteiger partial charge in [-0.05, 0) is 42.8 Å². The fraction of sp³-hybridized carbons (Fsp3) is 0.238. The van der Waals surface area contributed by atoms with E-state index in [-0.39, 0.29) is 6.29 Å². The topological polar surface area (TPSA) is 85.8 Å². The Kier molecular flexibility index (Phi) is 5.10. The Labute approximate surface area is 162 Å². The predicted octanol–water partition coefficient (Wildman–Crippen LogP) is 3.55. The molecule has 0 bridgehead atoms. The van der Waals surface area contributed by atoms with E-state index in [1.807, 2.05) is 43.3 Å². The molecule has 1 N–H and O–H groups in total. The van der Waals surface area contributed by atoms with Crippen molar-refractivity contribution in [2.45, 2.75) is 19.6 Å². The number of hydrogen-bond acceptors (Lipinski definition) is 6. The van der Waals surface area contributed by atoms with Gasteiger partial charge in [0.1, 0.15) is 0 Å². The van der Waals surface area contributed by atoms with Crippen LogP contribution in [-0.2, 0) is 15.9 Å². The molecule has 0 aliphatic heterocycles. The van der Waals surface area contributed by atoms with Gasteiger partial charge in [0.05, 0.1) is 34.3 Å². The molecule has 0 aliphatic carbocycles. The Hall–Kier alpha value is -3.16. The molecule has 0 fully saturated rings. The smallest absolute Gasteiger partial charge is 0.160 e. The van der Waals surface area contributed by atoms with Gasteiger partial charge in [-0.15, -0.1) is 0 Å². The van der Waals surface area contributed by atoms with Crippen LogP contribution < -0.4 is 0 Å². The van der Waals surface area contributed by atoms with Gasteiger partial charge in [-0.1, -0.05) is 6.07 Å². The van der Waals surface area contributed by atoms with Crippen molar-refractivity contribution in [2.24, 2.45) is 0 Å². The Morgan fingerprint density at radius 1 is 1.00 bits per heavy atom. The molecule has 4 rings (SSSR count). The quantitative estimate of drug-likeness (QED) is 0.519. The highest BCUT2D eigenvalue weighted by Crippen LogP contribution is 2.29. The number of ether oxygens (including phenoxy) is 2. The normalized spacial score (nSPS) is 11.4. The fourth-order valence-electron chi connectivity index (χ4n) is 3.19. The maximum absolute atomic E-state index is 5.35. The predicted molar refractivity (Wildman–Crippen MR) is 107 cm³/mol. The molecule has 4 heterocycles. The lowest BCUT2D eigenvalue weighted by Crippen LogP contribution is -2.16. The molecule has 28 heavy (non-hydrogen) atoms. The van der Waals surface area contributed by atoms with Gasteiger partial charge in [0.2, 0.25) is 0 Å². The molecule has 142 valence electrons. The largest absolute Gasteiger partial charge is 0.356 e. The molecule has 0 aliphatic rings. The van der Waals surface area contributed by atoms with Gasteiger partial charge < -0.3 is 9.47 Å². The number of methoxy groups -OCH3 is 2. The zero-order valence-electron chi connectivity index (χ0n) is 16.0. The van der Waals surface area contributed by atoms with E-state index in [2.05, 4.69) is 20.2 Å². The highest BCUT2D eigenvalue weighted by molar-refractivity contribution is 5.84. The van der Waals surface area contributed by atoms with E-state index in [1.54, 1.807) is 26.6 Å². The number of aromatic amines is 1. The van der Waals surface area contributed by atoms with Crippen LogP contribution in [0.1, 0.15) is 11.3 Å². The molecule has 0 aromatic carbocycles. The second-order valence-corrected chi connectivity index (χ2v) is 6.46. The summed E-state index contributed by atoms with van der Waals surface area (Å²) in [4.78, 5) is 13.9. The van der Waals surface area contributed by atoms with Crippen LogP contribution in [0.3, 0.4) is 0 Å². The Morgan fingerprint density at radius 2 is 1.86 bits per heavy atom. The first-order chi connectivity index (χ1) is 13.7. The zero-order chi connectivity index (χ0) is 19.5. The van der Waals surface area contributed by atoms with Crippen molar-refractivity contribution in [1.82, 2.24) is 25.1 Å². The summed E-state index contributed by atoms with van der Waals surface area (Å²) in [6, 6.07) is 11.8. The molecular formula is C21H21N5O2. The number of aromatic nitrogens is 5. The first-order valence-electron chi connectivity index (χ1n) is 8.97. The van der Waals surface area contributed by atoms with E-state index < -0.39 is 0 Å². The number of H-pyrrole nitrogens is 1. The molecule has 0 unspecified atom stereocenters. The Morgan fingerprint density at radius 3 is 2.64 bits per heavy atom. The summed E-state index contributed by atoms with van der Waals surface area (Å²) in [5.41, 5.74) is 6.98. The van der Waals surface area contributed by atoms with E-state index in [1.165, 1.54) is 0 Å². The van der Waals surface area contributed by atoms with Crippen molar-refractivity contribution >= 4 is 11.0 Å². The molecule has 0 atom stereocenters. The number of aryl methyl sites for hydroxylation is 1. The molecule has 7 heteroatoms. The zero-order valence-corrected chi connectivity index (χ0v) is 16.0. The average molecular weight is 375 g/mol. The number of nitrogens with one attached hydrogen (secondary N) is 1. The van der Waals surface area contributed by atoms with Crippen molar-refractivity contribution in [3.05, 3.63) is 60.0 Å². The number of pyridine rings is 3. The van der Waals surface area contributed by atoms with Gasteiger partial charge in [-0.2, -0.15) is 5.10 Å². The van der Waals surface area contributed by atoms with Gasteiger partial charge in [0.25, 0.3) is 0 Å². The van der Waals surface area contributed by atoms with Gasteiger partial charge in [-0.3, -0.25) is 15.1 Å². The SMILES string of the molecule is COC(Cc1ccnc2ccc(-c3cn[nH]c3-c3cccc(C)n3)nc12)OC. The first kappa shape index (κ1) is 18.2. The van der Waals surface area contributed by atoms with Crippen LogP contribution >= 0.6 is 0 Å². The minimum atomic E-state index is -0.336. The van der Waals surface area contributed by atoms with E-state index in [0.29, 0.717) is 6.42 Å². The van der Waals surface area contributed by atoms with Crippen LogP contribution in [0.2, 0.25) is 0 Å². The number of nitrogens with zero attached hydrogens (tertiary/aromatic N) is 4. The lowest BCUT2D eigenvalue weighted by Gasteiger charge is -2.14. The maximum Gasteiger partial charge on any atom is 0.160 e. The lowest BCUT2D eigenvalue weighted by atomic mass is 10.1. The first-order valence-corrected chi connectivity index (χ1v) is 8.97.